The van der Waals surface area contributed by atoms with Gasteiger partial charge >= 0.3 is 6.01 Å². The average molecular weight is 365 g/mol. The maximum atomic E-state index is 5.67. The lowest BCUT2D eigenvalue weighted by molar-refractivity contribution is 0.203. The van der Waals surface area contributed by atoms with E-state index >= 15 is 0 Å². The number of aryl methyl sites for hydroxylation is 2. The van der Waals surface area contributed by atoms with E-state index in [2.05, 4.69) is 59.8 Å². The van der Waals surface area contributed by atoms with Crippen molar-refractivity contribution in [2.75, 3.05) is 0 Å². The van der Waals surface area contributed by atoms with Gasteiger partial charge < -0.3 is 4.74 Å². The Hall–Kier alpha value is -2.73. The molecule has 1 aromatic carbocycles. The molecule has 0 bridgehead atoms. The molecule has 0 aliphatic rings. The highest BCUT2D eigenvalue weighted by Gasteiger charge is 2.16. The van der Waals surface area contributed by atoms with Crippen molar-refractivity contribution in [3.63, 3.8) is 0 Å². The molecule has 0 fully saturated rings. The molecule has 2 heterocycles. The van der Waals surface area contributed by atoms with Crippen LogP contribution in [0.5, 0.6) is 11.8 Å². The van der Waals surface area contributed by atoms with Crippen LogP contribution in [0, 0.1) is 13.8 Å². The third kappa shape index (κ3) is 4.71. The van der Waals surface area contributed by atoms with E-state index in [1.165, 1.54) is 16.8 Å². The van der Waals surface area contributed by atoms with Crippen LogP contribution >= 0.6 is 0 Å². The number of nitrogens with zero attached hydrogens (tertiary/aromatic N) is 5. The van der Waals surface area contributed by atoms with Crippen LogP contribution in [0.3, 0.4) is 0 Å². The fourth-order valence-corrected chi connectivity index (χ4v) is 3.01. The van der Waals surface area contributed by atoms with Gasteiger partial charge in [0.2, 0.25) is 0 Å². The van der Waals surface area contributed by atoms with Crippen molar-refractivity contribution in [2.24, 2.45) is 7.05 Å². The Kier molecular flexibility index (Phi) is 5.86. The quantitative estimate of drug-likeness (QED) is 0.633. The summed E-state index contributed by atoms with van der Waals surface area (Å²) >= 11 is 0. The van der Waals surface area contributed by atoms with Gasteiger partial charge in [0.1, 0.15) is 5.75 Å². The second-order valence-corrected chi connectivity index (χ2v) is 7.05. The predicted octanol–water partition coefficient (Wildman–Crippen LogP) is 4.03. The van der Waals surface area contributed by atoms with Gasteiger partial charge in [0.25, 0.3) is 0 Å². The van der Waals surface area contributed by atoms with Gasteiger partial charge in [-0.2, -0.15) is 5.10 Å². The average Bonchev–Trinajstić information content (AvgIpc) is 2.89. The molecule has 27 heavy (non-hydrogen) atoms. The molecule has 0 radical (unpaired) electrons. The number of rotatable bonds is 7. The molecule has 0 aliphatic carbocycles. The summed E-state index contributed by atoms with van der Waals surface area (Å²) in [7, 11) is 2.00. The first-order valence-electron chi connectivity index (χ1n) is 9.21. The first-order chi connectivity index (χ1) is 12.9. The van der Waals surface area contributed by atoms with Crippen molar-refractivity contribution < 1.29 is 4.74 Å². The molecule has 0 spiro atoms. The highest BCUT2D eigenvalue weighted by Crippen LogP contribution is 2.21. The molecule has 0 aliphatic heterocycles. The fourth-order valence-electron chi connectivity index (χ4n) is 3.01. The summed E-state index contributed by atoms with van der Waals surface area (Å²) in [6.45, 7) is 10.4. The summed E-state index contributed by atoms with van der Waals surface area (Å²) in [5.41, 5.74) is 4.88. The van der Waals surface area contributed by atoms with Crippen LogP contribution in [0.25, 0.3) is 0 Å². The molecule has 0 atom stereocenters. The maximum absolute atomic E-state index is 5.67. The zero-order valence-electron chi connectivity index (χ0n) is 16.7. The van der Waals surface area contributed by atoms with Crippen LogP contribution in [-0.2, 0) is 20.1 Å². The van der Waals surface area contributed by atoms with Crippen molar-refractivity contribution in [2.45, 2.75) is 46.8 Å². The van der Waals surface area contributed by atoms with E-state index in [0.29, 0.717) is 12.1 Å². The van der Waals surface area contributed by atoms with E-state index in [1.807, 2.05) is 23.9 Å². The number of ether oxygens (including phenoxy) is 1. The molecule has 2 aromatic heterocycles. The largest absolute Gasteiger partial charge is 0.424 e. The normalized spacial score (nSPS) is 11.4. The van der Waals surface area contributed by atoms with Crippen molar-refractivity contribution in [1.29, 1.82) is 0 Å². The van der Waals surface area contributed by atoms with Gasteiger partial charge in [-0.1, -0.05) is 12.1 Å². The maximum Gasteiger partial charge on any atom is 0.321 e. The van der Waals surface area contributed by atoms with Crippen LogP contribution in [-0.4, -0.2) is 30.7 Å². The number of aromatic nitrogens is 4. The third-order valence-electron chi connectivity index (χ3n) is 4.81. The van der Waals surface area contributed by atoms with E-state index in [-0.39, 0.29) is 0 Å². The smallest absolute Gasteiger partial charge is 0.321 e. The van der Waals surface area contributed by atoms with Gasteiger partial charge in [0.05, 0.1) is 5.69 Å². The summed E-state index contributed by atoms with van der Waals surface area (Å²) in [6, 6.07) is 10.7. The van der Waals surface area contributed by atoms with Crippen LogP contribution in [0.2, 0.25) is 0 Å². The summed E-state index contributed by atoms with van der Waals surface area (Å²) in [5.74, 6) is 0.736. The Balaban J connectivity index is 1.69. The minimum atomic E-state index is 0.358. The summed E-state index contributed by atoms with van der Waals surface area (Å²) in [6.07, 6.45) is 3.33. The first-order valence-corrected chi connectivity index (χ1v) is 9.21. The Bertz CT molecular complexity index is 872. The second-order valence-electron chi connectivity index (χ2n) is 7.05. The molecule has 0 unspecified atom stereocenters. The Morgan fingerprint density at radius 3 is 2.26 bits per heavy atom. The van der Waals surface area contributed by atoms with Gasteiger partial charge in [-0.25, -0.2) is 9.97 Å². The molecule has 0 N–H and O–H groups in total. The first kappa shape index (κ1) is 19.0. The van der Waals surface area contributed by atoms with Crippen molar-refractivity contribution in [3.8, 4) is 11.8 Å². The zero-order valence-corrected chi connectivity index (χ0v) is 16.7. The van der Waals surface area contributed by atoms with Crippen LogP contribution < -0.4 is 4.74 Å². The van der Waals surface area contributed by atoms with Crippen molar-refractivity contribution in [3.05, 3.63) is 65.2 Å². The van der Waals surface area contributed by atoms with E-state index in [0.717, 1.165) is 24.5 Å². The molecule has 0 saturated heterocycles. The highest BCUT2D eigenvalue weighted by atomic mass is 16.5. The molecule has 0 saturated carbocycles. The van der Waals surface area contributed by atoms with Crippen LogP contribution in [0.4, 0.5) is 0 Å². The molecule has 0 amide bonds. The Labute approximate surface area is 160 Å². The van der Waals surface area contributed by atoms with Gasteiger partial charge in [0.15, 0.2) is 0 Å². The number of hydrogen-bond acceptors (Lipinski definition) is 5. The Morgan fingerprint density at radius 1 is 1.04 bits per heavy atom. The number of hydrogen-bond donors (Lipinski definition) is 0. The van der Waals surface area contributed by atoms with Gasteiger partial charge in [-0.3, -0.25) is 9.58 Å². The summed E-state index contributed by atoms with van der Waals surface area (Å²) < 4.78 is 7.63. The third-order valence-corrected chi connectivity index (χ3v) is 4.81. The van der Waals surface area contributed by atoms with E-state index in [4.69, 9.17) is 4.74 Å². The topological polar surface area (TPSA) is 56.1 Å². The monoisotopic (exact) mass is 365 g/mol. The van der Waals surface area contributed by atoms with Gasteiger partial charge in [-0.15, -0.1) is 0 Å². The molecule has 6 heteroatoms. The molecule has 3 rings (SSSR count). The minimum absolute atomic E-state index is 0.358. The lowest BCUT2D eigenvalue weighted by atomic mass is 10.1. The fraction of sp³-hybridized carbons (Fsp3) is 0.381. The molecular formula is C21H27N5O. The molecule has 142 valence electrons. The highest BCUT2D eigenvalue weighted by molar-refractivity contribution is 5.29. The molecule has 6 nitrogen and oxygen atoms in total. The predicted molar refractivity (Wildman–Crippen MR) is 106 cm³/mol. The van der Waals surface area contributed by atoms with E-state index in [9.17, 15) is 0 Å². The molecular weight excluding hydrogens is 338 g/mol. The molecule has 3 aromatic rings. The number of benzene rings is 1. The van der Waals surface area contributed by atoms with Gasteiger partial charge in [0, 0.05) is 49.8 Å². The van der Waals surface area contributed by atoms with Crippen molar-refractivity contribution >= 4 is 0 Å². The summed E-state index contributed by atoms with van der Waals surface area (Å²) in [4.78, 5) is 10.6. The van der Waals surface area contributed by atoms with Crippen LogP contribution in [0.1, 0.15) is 36.4 Å². The van der Waals surface area contributed by atoms with Crippen LogP contribution in [0.15, 0.2) is 42.7 Å². The zero-order chi connectivity index (χ0) is 19.4. The summed E-state index contributed by atoms with van der Waals surface area (Å²) in [5, 5.41) is 4.54. The lowest BCUT2D eigenvalue weighted by Gasteiger charge is -2.27. The second kappa shape index (κ2) is 8.31. The SMILES string of the molecule is Cc1nn(C)c(C)c1CN(Cc1ccc(Oc2ncccn2)cc1)C(C)C. The standard InChI is InChI=1S/C21H27N5O/c1-15(2)26(14-20-16(3)24-25(5)17(20)4)13-18-7-9-19(10-8-18)27-21-22-11-6-12-23-21/h6-12,15H,13-14H2,1-5H3. The Morgan fingerprint density at radius 2 is 1.70 bits per heavy atom. The minimum Gasteiger partial charge on any atom is -0.424 e. The van der Waals surface area contributed by atoms with Gasteiger partial charge in [-0.05, 0) is 51.5 Å². The van der Waals surface area contributed by atoms with Crippen molar-refractivity contribution in [1.82, 2.24) is 24.6 Å². The lowest BCUT2D eigenvalue weighted by Crippen LogP contribution is -2.30. The van der Waals surface area contributed by atoms with E-state index < -0.39 is 0 Å². The van der Waals surface area contributed by atoms with E-state index in [1.54, 1.807) is 18.5 Å².